The van der Waals surface area contributed by atoms with Gasteiger partial charge in [-0.2, -0.15) is 0 Å². The lowest BCUT2D eigenvalue weighted by Crippen LogP contribution is -3.61. The molecule has 0 bridgehead atoms. The average Bonchev–Trinajstić information content (AvgIpc) is 3.29. The zero-order valence-corrected chi connectivity index (χ0v) is 40.9. The van der Waals surface area contributed by atoms with E-state index in [2.05, 4.69) is 218 Å². The largest absolute Gasteiger partial charge is 0.457 e. The zero-order valence-electron chi connectivity index (χ0n) is 34.8. The standard InChI is InChI=1S/C48H36IO2S2.3ClHO4/c1-5-13-43(14-6-1)52(44-15-7-2-8-16-44)47-33-29-41(30-34-47)50-39-25-21-37(22-26-39)49-38-23-27-40(28-24-38)51-42-31-35-48(36-32-42)53(45-17-9-3-10-18-45)46-19-11-4-12-20-46;3*2-1(3,4)5/h1-36H;3*(H,2,3,4,5)/q+3;;;/p-3. The summed E-state index contributed by atoms with van der Waals surface area (Å²) in [5.74, 6) is 3.34. The number of hydrogen-bond acceptors (Lipinski definition) is 14. The van der Waals surface area contributed by atoms with E-state index in [0.717, 1.165) is 23.0 Å². The van der Waals surface area contributed by atoms with Gasteiger partial charge in [-0.1, -0.05) is 72.8 Å². The van der Waals surface area contributed by atoms with Gasteiger partial charge < -0.3 is 9.47 Å². The highest BCUT2D eigenvalue weighted by Crippen LogP contribution is 2.34. The van der Waals surface area contributed by atoms with Crippen LogP contribution in [-0.2, 0) is 21.8 Å². The number of rotatable bonds is 12. The van der Waals surface area contributed by atoms with Crippen molar-refractivity contribution in [3.63, 3.8) is 0 Å². The maximum absolute atomic E-state index is 8.49. The van der Waals surface area contributed by atoms with Crippen LogP contribution in [0.3, 0.4) is 0 Å². The summed E-state index contributed by atoms with van der Waals surface area (Å²) in [5.41, 5.74) is 0. The Balaban J connectivity index is 0.000000503. The Bertz CT molecular complexity index is 2370. The van der Waals surface area contributed by atoms with Gasteiger partial charge in [0.1, 0.15) is 23.0 Å². The first kappa shape index (κ1) is 54.1. The highest BCUT2D eigenvalue weighted by atomic mass is 127. The molecule has 0 amide bonds. The van der Waals surface area contributed by atoms with Gasteiger partial charge in [0, 0.05) is 0 Å². The van der Waals surface area contributed by atoms with Crippen LogP contribution in [0.2, 0.25) is 0 Å². The number of benzene rings is 8. The topological polar surface area (TPSA) is 295 Å². The molecular weight excluding hydrogens is 1100 g/mol. The molecule has 0 heterocycles. The highest BCUT2D eigenvalue weighted by molar-refractivity contribution is 7.97. The van der Waals surface area contributed by atoms with Crippen LogP contribution in [0, 0.1) is 37.9 Å². The molecule has 8 aromatic rings. The summed E-state index contributed by atoms with van der Waals surface area (Å²) < 4.78 is 117. The van der Waals surface area contributed by atoms with Gasteiger partial charge >= 0.3 is 21.2 Å². The quantitative estimate of drug-likeness (QED) is 0.0821. The monoisotopic (exact) mass is 1130 g/mol. The zero-order chi connectivity index (χ0) is 49.2. The Hall–Kier alpha value is -4.82. The van der Waals surface area contributed by atoms with Gasteiger partial charge in [0.15, 0.2) is 36.5 Å². The third kappa shape index (κ3) is 20.8. The van der Waals surface area contributed by atoms with Crippen molar-refractivity contribution >= 4 is 21.8 Å². The summed E-state index contributed by atoms with van der Waals surface area (Å²) in [4.78, 5) is 7.73. The molecule has 0 atom stereocenters. The molecule has 0 N–H and O–H groups in total. The lowest BCUT2D eigenvalue weighted by atomic mass is 10.3. The number of ether oxygens (including phenoxy) is 2. The molecule has 0 unspecified atom stereocenters. The molecular formula is C48H36Cl3IO14S2. The molecule has 0 aliphatic rings. The van der Waals surface area contributed by atoms with Gasteiger partial charge in [-0.25, -0.2) is 55.9 Å². The molecule has 0 saturated carbocycles. The molecule has 0 aromatic heterocycles. The van der Waals surface area contributed by atoms with E-state index in [9.17, 15) is 0 Å². The van der Waals surface area contributed by atoms with Crippen molar-refractivity contribution in [1.82, 2.24) is 0 Å². The van der Waals surface area contributed by atoms with Crippen LogP contribution >= 0.6 is 0 Å². The summed E-state index contributed by atoms with van der Waals surface area (Å²) in [5, 5.41) is 0. The molecule has 0 aliphatic carbocycles. The smallest absolute Gasteiger partial charge is 0.357 e. The Morgan fingerprint density at radius 3 is 0.632 bits per heavy atom. The summed E-state index contributed by atoms with van der Waals surface area (Å²) in [7, 11) is -15.2. The molecule has 68 heavy (non-hydrogen) atoms. The van der Waals surface area contributed by atoms with Gasteiger partial charge in [0.25, 0.3) is 0 Å². The average molecular weight is 1130 g/mol. The highest BCUT2D eigenvalue weighted by Gasteiger charge is 2.29. The second-order valence-electron chi connectivity index (χ2n) is 13.1. The molecule has 352 valence electrons. The van der Waals surface area contributed by atoms with Crippen molar-refractivity contribution in [3.05, 3.63) is 226 Å². The Morgan fingerprint density at radius 2 is 0.426 bits per heavy atom. The van der Waals surface area contributed by atoms with Crippen molar-refractivity contribution in [2.24, 2.45) is 0 Å². The van der Waals surface area contributed by atoms with Crippen LogP contribution in [0.1, 0.15) is 0 Å². The van der Waals surface area contributed by atoms with Crippen LogP contribution in [0.5, 0.6) is 23.0 Å². The minimum Gasteiger partial charge on any atom is -0.457 e. The molecule has 0 radical (unpaired) electrons. The second-order valence-corrected chi connectivity index (χ2v) is 22.5. The van der Waals surface area contributed by atoms with E-state index in [1.54, 1.807) is 0 Å². The first-order valence-electron chi connectivity index (χ1n) is 19.2. The molecule has 8 aromatic carbocycles. The van der Waals surface area contributed by atoms with E-state index < -0.39 is 30.7 Å². The Labute approximate surface area is 414 Å². The lowest BCUT2D eigenvalue weighted by Gasteiger charge is -2.17. The van der Waals surface area contributed by atoms with Crippen molar-refractivity contribution < 1.29 is 117 Å². The van der Waals surface area contributed by atoms with Crippen molar-refractivity contribution in [3.8, 4) is 23.0 Å². The fraction of sp³-hybridized carbons (Fsp3) is 0. The van der Waals surface area contributed by atoms with E-state index in [4.69, 9.17) is 65.4 Å². The molecule has 20 heteroatoms. The minimum atomic E-state index is -4.94. The van der Waals surface area contributed by atoms with E-state index >= 15 is 0 Å². The fourth-order valence-electron chi connectivity index (χ4n) is 5.86. The molecule has 0 saturated heterocycles. The van der Waals surface area contributed by atoms with Gasteiger partial charge in [-0.05, 0) is 146 Å². The van der Waals surface area contributed by atoms with E-state index in [0.29, 0.717) is 0 Å². The first-order valence-corrected chi connectivity index (χ1v) is 27.5. The third-order valence-corrected chi connectivity index (χ3v) is 15.5. The molecule has 14 nitrogen and oxygen atoms in total. The van der Waals surface area contributed by atoms with Crippen LogP contribution in [0.4, 0.5) is 0 Å². The van der Waals surface area contributed by atoms with Crippen LogP contribution in [0.25, 0.3) is 0 Å². The minimum absolute atomic E-state index is 0.179. The Kier molecular flexibility index (Phi) is 20.9. The predicted octanol–water partition coefficient (Wildman–Crippen LogP) is -4.68. The van der Waals surface area contributed by atoms with E-state index in [1.807, 2.05) is 0 Å². The van der Waals surface area contributed by atoms with Crippen LogP contribution < -0.4 is 86.6 Å². The normalized spacial score (nSPS) is 11.3. The Morgan fingerprint density at radius 1 is 0.250 bits per heavy atom. The second kappa shape index (κ2) is 26.2. The maximum Gasteiger partial charge on any atom is 0.357 e. The summed E-state index contributed by atoms with van der Waals surface area (Å²) in [6.07, 6.45) is 0. The third-order valence-electron chi connectivity index (χ3n) is 8.35. The summed E-state index contributed by atoms with van der Waals surface area (Å²) >= 11 is -0.341. The van der Waals surface area contributed by atoms with Crippen LogP contribution in [-0.4, -0.2) is 0 Å². The summed E-state index contributed by atoms with van der Waals surface area (Å²) in [6.45, 7) is 0. The van der Waals surface area contributed by atoms with Crippen molar-refractivity contribution in [2.45, 2.75) is 29.4 Å². The SMILES string of the molecule is [O-][Cl+3]([O-])([O-])[O-].[O-][Cl+3]([O-])([O-])[O-].[O-][Cl+3]([O-])([O-])[O-].c1ccc([S+](c2ccccc2)c2ccc(Oc3ccc([I+]c4ccc(Oc5ccc([S+](c6ccccc6)c6ccccc6)cc5)cc4)cc3)cc2)cc1. The molecule has 0 aliphatic heterocycles. The maximum atomic E-state index is 8.49. The van der Waals surface area contributed by atoms with Gasteiger partial charge in [-0.3, -0.25) is 0 Å². The van der Waals surface area contributed by atoms with E-state index in [-0.39, 0.29) is 43.0 Å². The first-order chi connectivity index (χ1) is 32.2. The number of hydrogen-bond donors (Lipinski definition) is 0. The number of halogens is 4. The van der Waals surface area contributed by atoms with Gasteiger partial charge in [0.05, 0.1) is 21.8 Å². The van der Waals surface area contributed by atoms with Crippen molar-refractivity contribution in [1.29, 1.82) is 0 Å². The van der Waals surface area contributed by atoms with Gasteiger partial charge in [0.2, 0.25) is 0 Å². The van der Waals surface area contributed by atoms with E-state index in [1.165, 1.54) is 36.5 Å². The lowest BCUT2D eigenvalue weighted by molar-refractivity contribution is -2.00. The van der Waals surface area contributed by atoms with Crippen LogP contribution in [0.15, 0.2) is 248 Å². The predicted molar refractivity (Wildman–Crippen MR) is 213 cm³/mol. The molecule has 0 fully saturated rings. The molecule has 0 spiro atoms. The molecule has 8 rings (SSSR count). The van der Waals surface area contributed by atoms with Crippen molar-refractivity contribution in [2.75, 3.05) is 0 Å². The van der Waals surface area contributed by atoms with Gasteiger partial charge in [-0.15, -0.1) is 30.7 Å². The summed E-state index contributed by atoms with van der Waals surface area (Å²) in [6, 6.07) is 76.9. The fourth-order valence-corrected chi connectivity index (χ4v) is 12.2.